The SMILES string of the molecule is O=S(=O)(/C=C/c1ccccc1)Nc1cccc(-c2ccc3nncn3n2)c1. The van der Waals surface area contributed by atoms with E-state index >= 15 is 0 Å². The highest BCUT2D eigenvalue weighted by molar-refractivity contribution is 7.95. The first-order valence-electron chi connectivity index (χ1n) is 8.13. The smallest absolute Gasteiger partial charge is 0.255 e. The minimum Gasteiger partial charge on any atom is -0.280 e. The third kappa shape index (κ3) is 4.01. The maximum atomic E-state index is 12.3. The molecule has 0 aliphatic heterocycles. The largest absolute Gasteiger partial charge is 0.280 e. The summed E-state index contributed by atoms with van der Waals surface area (Å²) < 4.78 is 28.8. The Morgan fingerprint density at radius 3 is 2.67 bits per heavy atom. The van der Waals surface area contributed by atoms with E-state index in [1.165, 1.54) is 6.33 Å². The van der Waals surface area contributed by atoms with Gasteiger partial charge >= 0.3 is 0 Å². The molecule has 7 nitrogen and oxygen atoms in total. The van der Waals surface area contributed by atoms with Gasteiger partial charge in [-0.3, -0.25) is 4.72 Å². The van der Waals surface area contributed by atoms with Crippen molar-refractivity contribution in [2.24, 2.45) is 0 Å². The molecule has 2 heterocycles. The van der Waals surface area contributed by atoms with Crippen molar-refractivity contribution < 1.29 is 8.42 Å². The number of aromatic nitrogens is 4. The van der Waals surface area contributed by atoms with Crippen LogP contribution in [0.3, 0.4) is 0 Å². The van der Waals surface area contributed by atoms with Crippen LogP contribution in [-0.2, 0) is 10.0 Å². The predicted octanol–water partition coefficient (Wildman–Crippen LogP) is 3.20. The van der Waals surface area contributed by atoms with E-state index in [4.69, 9.17) is 0 Å². The summed E-state index contributed by atoms with van der Waals surface area (Å²) in [6.45, 7) is 0. The number of anilines is 1. The molecule has 0 atom stereocenters. The zero-order valence-electron chi connectivity index (χ0n) is 14.1. The van der Waals surface area contributed by atoms with Crippen LogP contribution in [0.2, 0.25) is 0 Å². The Morgan fingerprint density at radius 2 is 1.81 bits per heavy atom. The lowest BCUT2D eigenvalue weighted by atomic mass is 10.1. The summed E-state index contributed by atoms with van der Waals surface area (Å²) in [5, 5.41) is 13.3. The molecule has 0 aliphatic carbocycles. The molecule has 0 spiro atoms. The molecular formula is C19H15N5O2S. The second-order valence-corrected chi connectivity index (χ2v) is 7.36. The van der Waals surface area contributed by atoms with Gasteiger partial charge in [-0.1, -0.05) is 42.5 Å². The highest BCUT2D eigenvalue weighted by atomic mass is 32.2. The van der Waals surface area contributed by atoms with Gasteiger partial charge in [-0.25, -0.2) is 8.42 Å². The van der Waals surface area contributed by atoms with Crippen molar-refractivity contribution in [1.82, 2.24) is 19.8 Å². The number of hydrogen-bond donors (Lipinski definition) is 1. The van der Waals surface area contributed by atoms with Gasteiger partial charge in [-0.05, 0) is 35.9 Å². The Labute approximate surface area is 156 Å². The molecule has 0 bridgehead atoms. The van der Waals surface area contributed by atoms with E-state index in [0.717, 1.165) is 16.5 Å². The third-order valence-corrected chi connectivity index (χ3v) is 4.83. The summed E-state index contributed by atoms with van der Waals surface area (Å²) in [5.41, 5.74) is 3.36. The summed E-state index contributed by atoms with van der Waals surface area (Å²) >= 11 is 0. The standard InChI is InChI=1S/C19H15N5O2S/c25-27(26,12-11-15-5-2-1-3-6-15)23-17-8-4-7-16(13-17)18-9-10-19-21-20-14-24(19)22-18/h1-14,23H/b12-11+. The van der Waals surface area contributed by atoms with Crippen molar-refractivity contribution in [2.45, 2.75) is 0 Å². The lowest BCUT2D eigenvalue weighted by molar-refractivity contribution is 0.609. The Bertz CT molecular complexity index is 1220. The Balaban J connectivity index is 1.57. The molecular weight excluding hydrogens is 362 g/mol. The quantitative estimate of drug-likeness (QED) is 0.577. The summed E-state index contributed by atoms with van der Waals surface area (Å²) in [4.78, 5) is 0. The second kappa shape index (κ2) is 7.00. The van der Waals surface area contributed by atoms with Gasteiger partial charge in [-0.15, -0.1) is 10.2 Å². The van der Waals surface area contributed by atoms with E-state index < -0.39 is 10.0 Å². The molecule has 0 fully saturated rings. The van der Waals surface area contributed by atoms with E-state index in [-0.39, 0.29) is 0 Å². The fourth-order valence-electron chi connectivity index (χ4n) is 2.56. The van der Waals surface area contributed by atoms with Crippen LogP contribution >= 0.6 is 0 Å². The van der Waals surface area contributed by atoms with Gasteiger partial charge in [-0.2, -0.15) is 9.61 Å². The monoisotopic (exact) mass is 377 g/mol. The maximum Gasteiger partial charge on any atom is 0.255 e. The van der Waals surface area contributed by atoms with Gasteiger partial charge in [0.25, 0.3) is 10.0 Å². The topological polar surface area (TPSA) is 89.2 Å². The van der Waals surface area contributed by atoms with E-state index in [1.54, 1.807) is 34.9 Å². The minimum absolute atomic E-state index is 0.455. The molecule has 0 amide bonds. The zero-order chi connectivity index (χ0) is 18.7. The normalized spacial score (nSPS) is 11.9. The van der Waals surface area contributed by atoms with E-state index in [2.05, 4.69) is 20.0 Å². The van der Waals surface area contributed by atoms with Gasteiger partial charge in [0.05, 0.1) is 11.1 Å². The van der Waals surface area contributed by atoms with Crippen molar-refractivity contribution in [3.05, 3.63) is 84.0 Å². The minimum atomic E-state index is -3.63. The summed E-state index contributed by atoms with van der Waals surface area (Å²) in [7, 11) is -3.63. The molecule has 4 rings (SSSR count). The zero-order valence-corrected chi connectivity index (χ0v) is 14.9. The molecule has 8 heteroatoms. The molecule has 2 aromatic carbocycles. The first kappa shape index (κ1) is 16.9. The lowest BCUT2D eigenvalue weighted by Gasteiger charge is -2.07. The molecule has 0 aliphatic rings. The van der Waals surface area contributed by atoms with E-state index in [9.17, 15) is 8.42 Å². The second-order valence-electron chi connectivity index (χ2n) is 5.79. The number of benzene rings is 2. The number of fused-ring (bicyclic) bond motifs is 1. The fraction of sp³-hybridized carbons (Fsp3) is 0. The van der Waals surface area contributed by atoms with Gasteiger partial charge in [0, 0.05) is 11.3 Å². The van der Waals surface area contributed by atoms with E-state index in [0.29, 0.717) is 17.0 Å². The van der Waals surface area contributed by atoms with Gasteiger partial charge in [0.2, 0.25) is 0 Å². The number of rotatable bonds is 5. The van der Waals surface area contributed by atoms with Crippen LogP contribution < -0.4 is 4.72 Å². The first-order valence-corrected chi connectivity index (χ1v) is 9.67. The first-order chi connectivity index (χ1) is 13.1. The van der Waals surface area contributed by atoms with Crippen LogP contribution in [0.25, 0.3) is 23.0 Å². The molecule has 2 aromatic heterocycles. The number of nitrogens with one attached hydrogen (secondary N) is 1. The molecule has 134 valence electrons. The highest BCUT2D eigenvalue weighted by Crippen LogP contribution is 2.22. The van der Waals surface area contributed by atoms with Gasteiger partial charge in [0.15, 0.2) is 5.65 Å². The fourth-order valence-corrected chi connectivity index (χ4v) is 3.41. The van der Waals surface area contributed by atoms with Crippen molar-refractivity contribution >= 4 is 27.4 Å². The Hall–Kier alpha value is -3.52. The Morgan fingerprint density at radius 1 is 0.963 bits per heavy atom. The summed E-state index contributed by atoms with van der Waals surface area (Å²) in [5.74, 6) is 0. The molecule has 0 radical (unpaired) electrons. The van der Waals surface area contributed by atoms with Crippen LogP contribution in [0.4, 0.5) is 5.69 Å². The molecule has 0 saturated carbocycles. The highest BCUT2D eigenvalue weighted by Gasteiger charge is 2.08. The van der Waals surface area contributed by atoms with Gasteiger partial charge in [0.1, 0.15) is 6.33 Å². The number of nitrogens with zero attached hydrogens (tertiary/aromatic N) is 4. The van der Waals surface area contributed by atoms with Crippen molar-refractivity contribution in [1.29, 1.82) is 0 Å². The summed E-state index contributed by atoms with van der Waals surface area (Å²) in [6.07, 6.45) is 3.06. The number of hydrogen-bond acceptors (Lipinski definition) is 5. The van der Waals surface area contributed by atoms with Crippen LogP contribution in [0, 0.1) is 0 Å². The molecule has 4 aromatic rings. The molecule has 0 saturated heterocycles. The third-order valence-electron chi connectivity index (χ3n) is 3.82. The van der Waals surface area contributed by atoms with Crippen molar-refractivity contribution in [3.63, 3.8) is 0 Å². The van der Waals surface area contributed by atoms with Crippen LogP contribution in [0.1, 0.15) is 5.56 Å². The Kier molecular flexibility index (Phi) is 4.39. The van der Waals surface area contributed by atoms with E-state index in [1.807, 2.05) is 42.5 Å². The lowest BCUT2D eigenvalue weighted by Crippen LogP contribution is -2.08. The average molecular weight is 377 g/mol. The summed E-state index contributed by atoms with van der Waals surface area (Å²) in [6, 6.07) is 19.9. The average Bonchev–Trinajstić information content (AvgIpc) is 3.15. The van der Waals surface area contributed by atoms with Crippen LogP contribution in [0.5, 0.6) is 0 Å². The predicted molar refractivity (Wildman–Crippen MR) is 104 cm³/mol. The molecule has 27 heavy (non-hydrogen) atoms. The number of sulfonamides is 1. The maximum absolute atomic E-state index is 12.3. The van der Waals surface area contributed by atoms with Crippen LogP contribution in [-0.4, -0.2) is 28.2 Å². The van der Waals surface area contributed by atoms with Gasteiger partial charge < -0.3 is 0 Å². The van der Waals surface area contributed by atoms with Crippen molar-refractivity contribution in [2.75, 3.05) is 4.72 Å². The van der Waals surface area contributed by atoms with Crippen LogP contribution in [0.15, 0.2) is 78.5 Å². The van der Waals surface area contributed by atoms with Crippen molar-refractivity contribution in [3.8, 4) is 11.3 Å². The molecule has 1 N–H and O–H groups in total. The molecule has 0 unspecified atom stereocenters.